The molecule has 1 unspecified atom stereocenters. The molecule has 2 aromatic rings. The van der Waals surface area contributed by atoms with Crippen LogP contribution in [0.3, 0.4) is 0 Å². The van der Waals surface area contributed by atoms with E-state index < -0.39 is 11.7 Å². The lowest BCUT2D eigenvalue weighted by Gasteiger charge is -2.15. The molecule has 0 radical (unpaired) electrons. The Morgan fingerprint density at radius 1 is 1.20 bits per heavy atom. The fourth-order valence-corrected chi connectivity index (χ4v) is 1.82. The quantitative estimate of drug-likeness (QED) is 0.898. The second kappa shape index (κ2) is 5.50. The van der Waals surface area contributed by atoms with Gasteiger partial charge in [0.2, 0.25) is 0 Å². The zero-order valence-corrected chi connectivity index (χ0v) is 10.8. The number of hydrogen-bond acceptors (Lipinski definition) is 3. The number of nitrogens with one attached hydrogen (secondary N) is 1. The highest BCUT2D eigenvalue weighted by molar-refractivity contribution is 5.61. The van der Waals surface area contributed by atoms with Crippen LogP contribution in [0.5, 0.6) is 0 Å². The average molecular weight is 281 g/mol. The first-order valence-electron chi connectivity index (χ1n) is 6.02. The molecule has 2 rings (SSSR count). The highest BCUT2D eigenvalue weighted by Gasteiger charge is 2.30. The van der Waals surface area contributed by atoms with Crippen molar-refractivity contribution >= 4 is 11.5 Å². The fraction of sp³-hybridized carbons (Fsp3) is 0.214. The minimum Gasteiger partial charge on any atom is -0.340 e. The van der Waals surface area contributed by atoms with Gasteiger partial charge in [-0.3, -0.25) is 0 Å². The molecule has 3 nitrogen and oxygen atoms in total. The first-order valence-corrected chi connectivity index (χ1v) is 6.02. The summed E-state index contributed by atoms with van der Waals surface area (Å²) in [6, 6.07) is 8.84. The van der Waals surface area contributed by atoms with Crippen molar-refractivity contribution in [3.63, 3.8) is 0 Å². The van der Waals surface area contributed by atoms with E-state index in [0.717, 1.165) is 23.9 Å². The van der Waals surface area contributed by atoms with Crippen molar-refractivity contribution in [2.75, 3.05) is 5.32 Å². The lowest BCUT2D eigenvalue weighted by molar-refractivity contribution is -0.137. The van der Waals surface area contributed by atoms with E-state index in [4.69, 9.17) is 5.73 Å². The van der Waals surface area contributed by atoms with E-state index in [1.165, 1.54) is 0 Å². The summed E-state index contributed by atoms with van der Waals surface area (Å²) in [5.41, 5.74) is 6.54. The Bertz CT molecular complexity index is 594. The maximum absolute atomic E-state index is 12.6. The van der Waals surface area contributed by atoms with Gasteiger partial charge in [0, 0.05) is 17.9 Å². The monoisotopic (exact) mass is 281 g/mol. The fourth-order valence-electron chi connectivity index (χ4n) is 1.82. The lowest BCUT2D eigenvalue weighted by atomic mass is 10.1. The number of aromatic nitrogens is 1. The van der Waals surface area contributed by atoms with Gasteiger partial charge >= 0.3 is 6.18 Å². The van der Waals surface area contributed by atoms with Crippen molar-refractivity contribution < 1.29 is 13.2 Å². The van der Waals surface area contributed by atoms with Crippen LogP contribution in [0.25, 0.3) is 0 Å². The molecule has 0 aliphatic rings. The van der Waals surface area contributed by atoms with E-state index in [9.17, 15) is 13.2 Å². The van der Waals surface area contributed by atoms with Crippen LogP contribution in [0.1, 0.15) is 24.1 Å². The Hall–Kier alpha value is -2.08. The highest BCUT2D eigenvalue weighted by Crippen LogP contribution is 2.31. The van der Waals surface area contributed by atoms with E-state index >= 15 is 0 Å². The van der Waals surface area contributed by atoms with Crippen molar-refractivity contribution in [3.8, 4) is 0 Å². The van der Waals surface area contributed by atoms with Crippen LogP contribution in [-0.4, -0.2) is 4.98 Å². The Kier molecular flexibility index (Phi) is 3.94. The maximum Gasteiger partial charge on any atom is 0.416 e. The summed E-state index contributed by atoms with van der Waals surface area (Å²) in [7, 11) is 0. The third-order valence-electron chi connectivity index (χ3n) is 2.80. The molecular formula is C14H14F3N3. The molecular weight excluding hydrogens is 267 g/mol. The predicted molar refractivity (Wildman–Crippen MR) is 71.6 cm³/mol. The molecule has 106 valence electrons. The molecule has 0 bridgehead atoms. The zero-order chi connectivity index (χ0) is 14.8. The summed E-state index contributed by atoms with van der Waals surface area (Å²) in [4.78, 5) is 3.90. The number of rotatable bonds is 3. The van der Waals surface area contributed by atoms with Gasteiger partial charge in [-0.25, -0.2) is 4.98 Å². The van der Waals surface area contributed by atoms with Crippen LogP contribution in [0, 0.1) is 0 Å². The van der Waals surface area contributed by atoms with Crippen LogP contribution in [0.15, 0.2) is 42.6 Å². The topological polar surface area (TPSA) is 50.9 Å². The second-order valence-corrected chi connectivity index (χ2v) is 4.43. The highest BCUT2D eigenvalue weighted by atomic mass is 19.4. The second-order valence-electron chi connectivity index (χ2n) is 4.43. The molecule has 6 heteroatoms. The van der Waals surface area contributed by atoms with Gasteiger partial charge in [-0.2, -0.15) is 13.2 Å². The Morgan fingerprint density at radius 3 is 2.55 bits per heavy atom. The number of benzene rings is 1. The molecule has 3 N–H and O–H groups in total. The summed E-state index contributed by atoms with van der Waals surface area (Å²) in [5, 5.41) is 2.88. The van der Waals surface area contributed by atoms with E-state index in [1.807, 2.05) is 12.1 Å². The van der Waals surface area contributed by atoms with Crippen LogP contribution in [0.2, 0.25) is 0 Å². The van der Waals surface area contributed by atoms with Crippen LogP contribution >= 0.6 is 0 Å². The number of alkyl halides is 3. The van der Waals surface area contributed by atoms with Crippen molar-refractivity contribution in [1.82, 2.24) is 4.98 Å². The molecule has 0 saturated heterocycles. The van der Waals surface area contributed by atoms with Gasteiger partial charge in [0.25, 0.3) is 0 Å². The zero-order valence-electron chi connectivity index (χ0n) is 10.8. The van der Waals surface area contributed by atoms with E-state index in [0.29, 0.717) is 5.69 Å². The summed E-state index contributed by atoms with van der Waals surface area (Å²) in [6.45, 7) is 1.81. The molecule has 0 aliphatic heterocycles. The Morgan fingerprint density at radius 2 is 1.90 bits per heavy atom. The molecule has 1 aromatic heterocycles. The van der Waals surface area contributed by atoms with Crippen molar-refractivity contribution in [1.29, 1.82) is 0 Å². The number of nitrogens with zero attached hydrogens (tertiary/aromatic N) is 1. The molecule has 0 saturated carbocycles. The molecule has 0 amide bonds. The SMILES string of the molecule is CC(N)c1ccccc1Nc1cc(C(F)(F)F)ccn1. The normalized spacial score (nSPS) is 13.1. The van der Waals surface area contributed by atoms with Crippen LogP contribution < -0.4 is 11.1 Å². The summed E-state index contributed by atoms with van der Waals surface area (Å²) in [6.07, 6.45) is -3.26. The summed E-state index contributed by atoms with van der Waals surface area (Å²) >= 11 is 0. The number of halogens is 3. The third kappa shape index (κ3) is 3.27. The van der Waals surface area contributed by atoms with Crippen molar-refractivity contribution in [2.24, 2.45) is 5.73 Å². The van der Waals surface area contributed by atoms with E-state index in [-0.39, 0.29) is 11.9 Å². The number of nitrogens with two attached hydrogens (primary N) is 1. The van der Waals surface area contributed by atoms with Gasteiger partial charge in [-0.05, 0) is 30.7 Å². The average Bonchev–Trinajstić information content (AvgIpc) is 2.38. The molecule has 0 fully saturated rings. The van der Waals surface area contributed by atoms with E-state index in [1.54, 1.807) is 19.1 Å². The predicted octanol–water partition coefficient (Wildman–Crippen LogP) is 3.86. The van der Waals surface area contributed by atoms with E-state index in [2.05, 4.69) is 10.3 Å². The van der Waals surface area contributed by atoms with Crippen molar-refractivity contribution in [3.05, 3.63) is 53.7 Å². The molecule has 0 aliphatic carbocycles. The smallest absolute Gasteiger partial charge is 0.340 e. The van der Waals surface area contributed by atoms with Gasteiger partial charge < -0.3 is 11.1 Å². The number of para-hydroxylation sites is 1. The first kappa shape index (κ1) is 14.3. The third-order valence-corrected chi connectivity index (χ3v) is 2.80. The maximum atomic E-state index is 12.6. The Balaban J connectivity index is 2.31. The number of anilines is 2. The van der Waals surface area contributed by atoms with Crippen LogP contribution in [0.4, 0.5) is 24.7 Å². The van der Waals surface area contributed by atoms with Gasteiger partial charge in [0.05, 0.1) is 5.56 Å². The van der Waals surface area contributed by atoms with Gasteiger partial charge in [0.1, 0.15) is 5.82 Å². The molecule has 20 heavy (non-hydrogen) atoms. The summed E-state index contributed by atoms with van der Waals surface area (Å²) < 4.78 is 37.9. The molecule has 1 atom stereocenters. The largest absolute Gasteiger partial charge is 0.416 e. The van der Waals surface area contributed by atoms with Crippen LogP contribution in [-0.2, 0) is 6.18 Å². The Labute approximate surface area is 114 Å². The standard InChI is InChI=1S/C14H14F3N3/c1-9(18)11-4-2-3-5-12(11)20-13-8-10(6-7-19-13)14(15,16)17/h2-9H,18H2,1H3,(H,19,20). The minimum absolute atomic E-state index is 0.132. The number of pyridine rings is 1. The minimum atomic E-state index is -4.39. The first-order chi connectivity index (χ1) is 9.38. The molecule has 1 heterocycles. The van der Waals surface area contributed by atoms with Crippen molar-refractivity contribution in [2.45, 2.75) is 19.1 Å². The number of hydrogen-bond donors (Lipinski definition) is 2. The van der Waals surface area contributed by atoms with Gasteiger partial charge in [0.15, 0.2) is 0 Å². The molecule has 0 spiro atoms. The lowest BCUT2D eigenvalue weighted by Crippen LogP contribution is -2.09. The van der Waals surface area contributed by atoms with Gasteiger partial charge in [-0.1, -0.05) is 18.2 Å². The summed E-state index contributed by atoms with van der Waals surface area (Å²) in [5.74, 6) is 0.132. The van der Waals surface area contributed by atoms with Gasteiger partial charge in [-0.15, -0.1) is 0 Å². The molecule has 1 aromatic carbocycles.